The lowest BCUT2D eigenvalue weighted by molar-refractivity contribution is -0.137. The molecule has 0 bridgehead atoms. The van der Waals surface area contributed by atoms with Gasteiger partial charge in [-0.2, -0.15) is 0 Å². The number of piperazine rings is 1. The largest absolute Gasteiger partial charge is 0.369 e. The van der Waals surface area contributed by atoms with Crippen LogP contribution in [-0.4, -0.2) is 103 Å². The molecule has 9 nitrogen and oxygen atoms in total. The van der Waals surface area contributed by atoms with Crippen LogP contribution < -0.4 is 10.2 Å². The fourth-order valence-corrected chi connectivity index (χ4v) is 6.06. The second kappa shape index (κ2) is 12.2. The van der Waals surface area contributed by atoms with Gasteiger partial charge in [-0.1, -0.05) is 25.1 Å². The zero-order valence-electron chi connectivity index (χ0n) is 23.4. The van der Waals surface area contributed by atoms with Crippen molar-refractivity contribution >= 4 is 29.2 Å². The summed E-state index contributed by atoms with van der Waals surface area (Å²) in [6.45, 7) is 7.01. The number of likely N-dealkylation sites (tertiary alicyclic amines) is 2. The van der Waals surface area contributed by atoms with Crippen LogP contribution >= 0.6 is 0 Å². The number of anilines is 1. The molecule has 3 aliphatic heterocycles. The van der Waals surface area contributed by atoms with Crippen molar-refractivity contribution in [2.45, 2.75) is 38.3 Å². The van der Waals surface area contributed by atoms with E-state index in [9.17, 15) is 19.2 Å². The lowest BCUT2D eigenvalue weighted by atomic mass is 10.0. The van der Waals surface area contributed by atoms with Gasteiger partial charge in [-0.05, 0) is 62.2 Å². The van der Waals surface area contributed by atoms with E-state index in [1.165, 1.54) is 0 Å². The monoisotopic (exact) mass is 545 g/mol. The molecule has 3 atom stereocenters. The maximum atomic E-state index is 13.2. The number of fused-ring (bicyclic) bond motifs is 1. The van der Waals surface area contributed by atoms with Gasteiger partial charge in [-0.3, -0.25) is 19.2 Å². The summed E-state index contributed by atoms with van der Waals surface area (Å²) in [4.78, 5) is 59.6. The normalized spacial score (nSPS) is 21.9. The molecule has 3 aliphatic rings. The number of hydrogen-bond donors (Lipinski definition) is 1. The molecule has 2 aromatic rings. The second-order valence-corrected chi connectivity index (χ2v) is 11.3. The summed E-state index contributed by atoms with van der Waals surface area (Å²) in [5.41, 5.74) is 2.32. The number of amides is 3. The van der Waals surface area contributed by atoms with Gasteiger partial charge in [-0.15, -0.1) is 0 Å². The van der Waals surface area contributed by atoms with Crippen molar-refractivity contribution < 1.29 is 19.2 Å². The molecule has 40 heavy (non-hydrogen) atoms. The Labute approximate surface area is 236 Å². The SMILES string of the molecule is CC(CCNC(=O)c1ccc(N2CCN(C)CC2)cc1)CC(=O)N1CCC2C1C(=O)CN2C(=O)c1ccccc1. The third kappa shape index (κ3) is 6.04. The first-order valence-electron chi connectivity index (χ1n) is 14.3. The summed E-state index contributed by atoms with van der Waals surface area (Å²) in [5.74, 6) is -0.365. The highest BCUT2D eigenvalue weighted by molar-refractivity contribution is 6.02. The number of ketones is 1. The third-order valence-electron chi connectivity index (χ3n) is 8.47. The number of carbonyl (C=O) groups is 4. The Morgan fingerprint density at radius 3 is 2.30 bits per heavy atom. The molecular weight excluding hydrogens is 506 g/mol. The summed E-state index contributed by atoms with van der Waals surface area (Å²) < 4.78 is 0. The molecule has 3 fully saturated rings. The number of nitrogens with one attached hydrogen (secondary N) is 1. The van der Waals surface area contributed by atoms with Crippen LogP contribution in [-0.2, 0) is 9.59 Å². The maximum Gasteiger partial charge on any atom is 0.254 e. The van der Waals surface area contributed by atoms with Crippen LogP contribution in [0.3, 0.4) is 0 Å². The minimum atomic E-state index is -0.555. The molecule has 212 valence electrons. The van der Waals surface area contributed by atoms with E-state index in [1.54, 1.807) is 21.9 Å². The average Bonchev–Trinajstić information content (AvgIpc) is 3.55. The molecule has 0 aromatic heterocycles. The summed E-state index contributed by atoms with van der Waals surface area (Å²) >= 11 is 0. The zero-order valence-corrected chi connectivity index (χ0v) is 23.4. The van der Waals surface area contributed by atoms with Gasteiger partial charge in [-0.25, -0.2) is 0 Å². The average molecular weight is 546 g/mol. The Kier molecular flexibility index (Phi) is 8.49. The fraction of sp³-hybridized carbons (Fsp3) is 0.484. The highest BCUT2D eigenvalue weighted by Crippen LogP contribution is 2.32. The van der Waals surface area contributed by atoms with E-state index in [0.717, 1.165) is 31.9 Å². The Hall–Kier alpha value is -3.72. The van der Waals surface area contributed by atoms with Crippen molar-refractivity contribution in [3.63, 3.8) is 0 Å². The predicted molar refractivity (Wildman–Crippen MR) is 153 cm³/mol. The molecule has 0 radical (unpaired) electrons. The van der Waals surface area contributed by atoms with Crippen molar-refractivity contribution in [1.82, 2.24) is 20.0 Å². The standard InChI is InChI=1S/C31H39N5O4/c1-22(12-14-32-30(39)23-8-10-25(11-9-23)34-18-16-33(2)17-19-34)20-28(38)35-15-13-26-29(35)27(37)21-36(26)31(40)24-6-4-3-5-7-24/h3-11,22,26,29H,12-21H2,1-2H3,(H,32,39). The van der Waals surface area contributed by atoms with E-state index in [-0.39, 0.29) is 42.0 Å². The molecule has 0 spiro atoms. The van der Waals surface area contributed by atoms with Gasteiger partial charge in [0.05, 0.1) is 12.6 Å². The Balaban J connectivity index is 1.07. The maximum absolute atomic E-state index is 13.2. The van der Waals surface area contributed by atoms with Gasteiger partial charge in [0.25, 0.3) is 11.8 Å². The lowest BCUT2D eigenvalue weighted by Crippen LogP contribution is -2.44. The fourth-order valence-electron chi connectivity index (χ4n) is 6.06. The molecule has 0 saturated carbocycles. The van der Waals surface area contributed by atoms with Crippen molar-refractivity contribution in [3.8, 4) is 0 Å². The first-order valence-corrected chi connectivity index (χ1v) is 14.3. The van der Waals surface area contributed by atoms with Gasteiger partial charge in [0, 0.05) is 62.5 Å². The number of rotatable bonds is 8. The van der Waals surface area contributed by atoms with E-state index < -0.39 is 6.04 Å². The van der Waals surface area contributed by atoms with Crippen LogP contribution in [0, 0.1) is 5.92 Å². The van der Waals surface area contributed by atoms with Crippen LogP contribution in [0.5, 0.6) is 0 Å². The van der Waals surface area contributed by atoms with Crippen LogP contribution in [0.2, 0.25) is 0 Å². The zero-order chi connectivity index (χ0) is 28.2. The Morgan fingerprint density at radius 1 is 0.900 bits per heavy atom. The summed E-state index contributed by atoms with van der Waals surface area (Å²) in [6, 6.07) is 15.9. The van der Waals surface area contributed by atoms with Crippen molar-refractivity contribution in [2.24, 2.45) is 5.92 Å². The molecule has 1 N–H and O–H groups in total. The van der Waals surface area contributed by atoms with Gasteiger partial charge >= 0.3 is 0 Å². The number of carbonyl (C=O) groups excluding carboxylic acids is 4. The van der Waals surface area contributed by atoms with E-state index >= 15 is 0 Å². The Bertz CT molecular complexity index is 1230. The van der Waals surface area contributed by atoms with Crippen LogP contribution in [0.4, 0.5) is 5.69 Å². The highest BCUT2D eigenvalue weighted by Gasteiger charge is 2.51. The Morgan fingerprint density at radius 2 is 1.60 bits per heavy atom. The van der Waals surface area contributed by atoms with Gasteiger partial charge in [0.15, 0.2) is 5.78 Å². The lowest BCUT2D eigenvalue weighted by Gasteiger charge is -2.34. The molecule has 2 aromatic carbocycles. The van der Waals surface area contributed by atoms with E-state index in [4.69, 9.17) is 0 Å². The number of nitrogens with zero attached hydrogens (tertiary/aromatic N) is 4. The molecule has 3 heterocycles. The minimum Gasteiger partial charge on any atom is -0.369 e. The summed E-state index contributed by atoms with van der Waals surface area (Å²) in [5, 5.41) is 2.97. The van der Waals surface area contributed by atoms with Crippen LogP contribution in [0.25, 0.3) is 0 Å². The van der Waals surface area contributed by atoms with Gasteiger partial charge < -0.3 is 24.9 Å². The highest BCUT2D eigenvalue weighted by atomic mass is 16.2. The van der Waals surface area contributed by atoms with Gasteiger partial charge in [0.2, 0.25) is 5.91 Å². The second-order valence-electron chi connectivity index (χ2n) is 11.3. The molecule has 9 heteroatoms. The smallest absolute Gasteiger partial charge is 0.254 e. The number of benzene rings is 2. The molecular formula is C31H39N5O4. The molecule has 3 amide bonds. The molecule has 3 unspecified atom stereocenters. The van der Waals surface area contributed by atoms with Crippen molar-refractivity contribution in [1.29, 1.82) is 0 Å². The van der Waals surface area contributed by atoms with Crippen molar-refractivity contribution in [3.05, 3.63) is 65.7 Å². The van der Waals surface area contributed by atoms with Crippen molar-refractivity contribution in [2.75, 3.05) is 57.8 Å². The summed E-state index contributed by atoms with van der Waals surface area (Å²) in [6.07, 6.45) is 1.57. The molecule has 5 rings (SSSR count). The quantitative estimate of drug-likeness (QED) is 0.547. The van der Waals surface area contributed by atoms with Crippen LogP contribution in [0.15, 0.2) is 54.6 Å². The van der Waals surface area contributed by atoms with E-state index in [0.29, 0.717) is 43.5 Å². The van der Waals surface area contributed by atoms with Crippen LogP contribution in [0.1, 0.15) is 46.9 Å². The topological polar surface area (TPSA) is 93.3 Å². The third-order valence-corrected chi connectivity index (χ3v) is 8.47. The molecule has 0 aliphatic carbocycles. The minimum absolute atomic E-state index is 0.0463. The number of likely N-dealkylation sites (N-methyl/N-ethyl adjacent to an activating group) is 1. The number of Topliss-reactive ketones (excluding diaryl/α,β-unsaturated/α-hetero) is 1. The van der Waals surface area contributed by atoms with E-state index in [2.05, 4.69) is 22.2 Å². The van der Waals surface area contributed by atoms with Gasteiger partial charge in [0.1, 0.15) is 6.04 Å². The molecule has 3 saturated heterocycles. The summed E-state index contributed by atoms with van der Waals surface area (Å²) in [7, 11) is 2.13. The predicted octanol–water partition coefficient (Wildman–Crippen LogP) is 2.28. The first kappa shape index (κ1) is 27.8. The van der Waals surface area contributed by atoms with E-state index in [1.807, 2.05) is 49.4 Å². The first-order chi connectivity index (χ1) is 19.3. The number of hydrogen-bond acceptors (Lipinski definition) is 6.